The molecule has 0 radical (unpaired) electrons. The SMILES string of the molecule is Cc1ccc2c(-c3ccccc3)nc(N3C[C@@H](C)O[C@@H](C)C3)nc2c1. The lowest BCUT2D eigenvalue weighted by atomic mass is 10.1. The molecule has 0 unspecified atom stereocenters. The zero-order chi connectivity index (χ0) is 17.4. The molecule has 1 aliphatic heterocycles. The summed E-state index contributed by atoms with van der Waals surface area (Å²) in [5.74, 6) is 0.791. The number of morpholine rings is 1. The first kappa shape index (κ1) is 16.0. The van der Waals surface area contributed by atoms with Gasteiger partial charge in [0.05, 0.1) is 23.4 Å². The van der Waals surface area contributed by atoms with Crippen LogP contribution < -0.4 is 4.90 Å². The van der Waals surface area contributed by atoms with Crippen molar-refractivity contribution in [2.45, 2.75) is 33.0 Å². The molecule has 0 spiro atoms. The van der Waals surface area contributed by atoms with Crippen molar-refractivity contribution in [2.75, 3.05) is 18.0 Å². The molecular formula is C21H23N3O. The van der Waals surface area contributed by atoms with Crippen molar-refractivity contribution >= 4 is 16.9 Å². The Morgan fingerprint density at radius 2 is 1.68 bits per heavy atom. The molecule has 2 aromatic carbocycles. The van der Waals surface area contributed by atoms with Crippen LogP contribution in [0.3, 0.4) is 0 Å². The van der Waals surface area contributed by atoms with Gasteiger partial charge in [0.2, 0.25) is 5.95 Å². The van der Waals surface area contributed by atoms with E-state index in [1.165, 1.54) is 5.56 Å². The number of ether oxygens (including phenoxy) is 1. The van der Waals surface area contributed by atoms with E-state index in [1.54, 1.807) is 0 Å². The van der Waals surface area contributed by atoms with Gasteiger partial charge >= 0.3 is 0 Å². The summed E-state index contributed by atoms with van der Waals surface area (Å²) in [7, 11) is 0. The van der Waals surface area contributed by atoms with Gasteiger partial charge in [-0.25, -0.2) is 9.97 Å². The molecule has 1 aliphatic rings. The summed E-state index contributed by atoms with van der Waals surface area (Å²) in [4.78, 5) is 12.1. The summed E-state index contributed by atoms with van der Waals surface area (Å²) in [5.41, 5.74) is 4.32. The molecule has 2 atom stereocenters. The fourth-order valence-electron chi connectivity index (χ4n) is 3.53. The highest BCUT2D eigenvalue weighted by Crippen LogP contribution is 2.29. The largest absolute Gasteiger partial charge is 0.372 e. The molecule has 4 nitrogen and oxygen atoms in total. The third-order valence-corrected chi connectivity index (χ3v) is 4.59. The summed E-state index contributed by atoms with van der Waals surface area (Å²) < 4.78 is 5.86. The number of anilines is 1. The van der Waals surface area contributed by atoms with Crippen molar-refractivity contribution in [2.24, 2.45) is 0 Å². The van der Waals surface area contributed by atoms with Gasteiger partial charge in [0, 0.05) is 24.0 Å². The smallest absolute Gasteiger partial charge is 0.226 e. The second-order valence-corrected chi connectivity index (χ2v) is 6.92. The van der Waals surface area contributed by atoms with E-state index in [0.29, 0.717) is 0 Å². The van der Waals surface area contributed by atoms with Crippen molar-refractivity contribution in [3.63, 3.8) is 0 Å². The number of rotatable bonds is 2. The zero-order valence-electron chi connectivity index (χ0n) is 14.9. The first-order valence-corrected chi connectivity index (χ1v) is 8.84. The Labute approximate surface area is 148 Å². The summed E-state index contributed by atoms with van der Waals surface area (Å²) in [5, 5.41) is 1.09. The van der Waals surface area contributed by atoms with Crippen LogP contribution >= 0.6 is 0 Å². The lowest BCUT2D eigenvalue weighted by Gasteiger charge is -2.35. The van der Waals surface area contributed by atoms with E-state index in [4.69, 9.17) is 14.7 Å². The molecule has 1 aromatic heterocycles. The van der Waals surface area contributed by atoms with Gasteiger partial charge in [-0.2, -0.15) is 0 Å². The van der Waals surface area contributed by atoms with Crippen molar-refractivity contribution in [1.82, 2.24) is 9.97 Å². The Balaban J connectivity index is 1.88. The van der Waals surface area contributed by atoms with Gasteiger partial charge < -0.3 is 9.64 Å². The van der Waals surface area contributed by atoms with Crippen LogP contribution in [-0.4, -0.2) is 35.3 Å². The predicted molar refractivity (Wildman–Crippen MR) is 102 cm³/mol. The van der Waals surface area contributed by atoms with Crippen molar-refractivity contribution in [1.29, 1.82) is 0 Å². The Kier molecular flexibility index (Phi) is 4.14. The standard InChI is InChI=1S/C21H23N3O/c1-14-9-10-18-19(11-14)22-21(24-12-15(2)25-16(3)13-24)23-20(18)17-7-5-4-6-8-17/h4-11,15-16H,12-13H2,1-3H3/t15-,16+. The van der Waals surface area contributed by atoms with E-state index in [2.05, 4.69) is 68.1 Å². The molecule has 1 fully saturated rings. The van der Waals surface area contributed by atoms with Crippen LogP contribution in [0.15, 0.2) is 48.5 Å². The van der Waals surface area contributed by atoms with Crippen LogP contribution in [0.1, 0.15) is 19.4 Å². The lowest BCUT2D eigenvalue weighted by molar-refractivity contribution is -0.00569. The average Bonchev–Trinajstić information content (AvgIpc) is 2.60. The van der Waals surface area contributed by atoms with E-state index in [9.17, 15) is 0 Å². The molecule has 0 bridgehead atoms. The molecular weight excluding hydrogens is 310 g/mol. The van der Waals surface area contributed by atoms with Crippen LogP contribution in [0.2, 0.25) is 0 Å². The number of hydrogen-bond donors (Lipinski definition) is 0. The molecule has 25 heavy (non-hydrogen) atoms. The zero-order valence-corrected chi connectivity index (χ0v) is 14.9. The molecule has 0 amide bonds. The molecule has 1 saturated heterocycles. The number of benzene rings is 2. The molecule has 4 heteroatoms. The number of nitrogens with zero attached hydrogens (tertiary/aromatic N) is 3. The molecule has 2 heterocycles. The second-order valence-electron chi connectivity index (χ2n) is 6.92. The summed E-state index contributed by atoms with van der Waals surface area (Å²) in [6.07, 6.45) is 0.362. The molecule has 3 aromatic rings. The van der Waals surface area contributed by atoms with E-state index in [0.717, 1.165) is 41.2 Å². The van der Waals surface area contributed by atoms with Gasteiger partial charge in [-0.3, -0.25) is 0 Å². The molecule has 0 saturated carbocycles. The number of hydrogen-bond acceptors (Lipinski definition) is 4. The number of fused-ring (bicyclic) bond motifs is 1. The molecule has 0 aliphatic carbocycles. The van der Waals surface area contributed by atoms with Gasteiger partial charge in [0.25, 0.3) is 0 Å². The van der Waals surface area contributed by atoms with E-state index >= 15 is 0 Å². The highest BCUT2D eigenvalue weighted by molar-refractivity contribution is 5.93. The van der Waals surface area contributed by atoms with Crippen LogP contribution in [0, 0.1) is 6.92 Å². The molecule has 0 N–H and O–H groups in total. The van der Waals surface area contributed by atoms with Crippen LogP contribution in [0.4, 0.5) is 5.95 Å². The maximum absolute atomic E-state index is 5.86. The van der Waals surface area contributed by atoms with Gasteiger partial charge in [-0.1, -0.05) is 42.5 Å². The minimum atomic E-state index is 0.181. The van der Waals surface area contributed by atoms with Gasteiger partial charge in [-0.15, -0.1) is 0 Å². The van der Waals surface area contributed by atoms with Crippen LogP contribution in [0.25, 0.3) is 22.2 Å². The van der Waals surface area contributed by atoms with Crippen molar-refractivity contribution in [3.8, 4) is 11.3 Å². The minimum absolute atomic E-state index is 0.181. The second kappa shape index (κ2) is 6.45. The highest BCUT2D eigenvalue weighted by atomic mass is 16.5. The maximum atomic E-state index is 5.86. The molecule has 128 valence electrons. The van der Waals surface area contributed by atoms with Gasteiger partial charge in [-0.05, 0) is 32.4 Å². The third kappa shape index (κ3) is 3.22. The number of aromatic nitrogens is 2. The monoisotopic (exact) mass is 333 g/mol. The Bertz CT molecular complexity index is 884. The van der Waals surface area contributed by atoms with Gasteiger partial charge in [0.15, 0.2) is 0 Å². The lowest BCUT2D eigenvalue weighted by Crippen LogP contribution is -2.46. The van der Waals surface area contributed by atoms with Crippen LogP contribution in [-0.2, 0) is 4.74 Å². The quantitative estimate of drug-likeness (QED) is 0.704. The Morgan fingerprint density at radius 3 is 2.40 bits per heavy atom. The maximum Gasteiger partial charge on any atom is 0.226 e. The number of aryl methyl sites for hydroxylation is 1. The normalized spacial score (nSPS) is 20.8. The Hall–Kier alpha value is -2.46. The summed E-state index contributed by atoms with van der Waals surface area (Å²) >= 11 is 0. The summed E-state index contributed by atoms with van der Waals surface area (Å²) in [6.45, 7) is 7.94. The first-order valence-electron chi connectivity index (χ1n) is 8.84. The van der Waals surface area contributed by atoms with Crippen molar-refractivity contribution in [3.05, 3.63) is 54.1 Å². The fraction of sp³-hybridized carbons (Fsp3) is 0.333. The van der Waals surface area contributed by atoms with E-state index in [1.807, 2.05) is 6.07 Å². The predicted octanol–water partition coefficient (Wildman–Crippen LogP) is 4.22. The first-order chi connectivity index (χ1) is 12.1. The fourth-order valence-corrected chi connectivity index (χ4v) is 3.53. The third-order valence-electron chi connectivity index (χ3n) is 4.59. The summed E-state index contributed by atoms with van der Waals surface area (Å²) in [6, 6.07) is 16.7. The molecule has 4 rings (SSSR count). The minimum Gasteiger partial charge on any atom is -0.372 e. The topological polar surface area (TPSA) is 38.2 Å². The Morgan fingerprint density at radius 1 is 0.960 bits per heavy atom. The van der Waals surface area contributed by atoms with Gasteiger partial charge in [0.1, 0.15) is 0 Å². The van der Waals surface area contributed by atoms with E-state index in [-0.39, 0.29) is 12.2 Å². The van der Waals surface area contributed by atoms with Crippen molar-refractivity contribution < 1.29 is 4.74 Å². The highest BCUT2D eigenvalue weighted by Gasteiger charge is 2.25. The van der Waals surface area contributed by atoms with Crippen LogP contribution in [0.5, 0.6) is 0 Å². The average molecular weight is 333 g/mol. The van der Waals surface area contributed by atoms with E-state index < -0.39 is 0 Å².